The van der Waals surface area contributed by atoms with Gasteiger partial charge in [-0.05, 0) is 57.5 Å². The Balaban J connectivity index is 1.87. The molecule has 19 heteroatoms. The van der Waals surface area contributed by atoms with Gasteiger partial charge in [-0.15, -0.1) is 0 Å². The highest BCUT2D eigenvalue weighted by Gasteiger charge is 2.31. The fourth-order valence-electron chi connectivity index (χ4n) is 4.05. The zero-order chi connectivity index (χ0) is 30.6. The molecule has 5 rings (SSSR count). The van der Waals surface area contributed by atoms with Crippen molar-refractivity contribution in [1.82, 2.24) is 20.0 Å². The minimum Gasteiger partial charge on any atom is -0.744 e. The summed E-state index contributed by atoms with van der Waals surface area (Å²) in [6.45, 7) is 0.696. The number of aliphatic hydroxyl groups is 1. The monoisotopic (exact) mass is 633 g/mol. The van der Waals surface area contributed by atoms with Crippen molar-refractivity contribution in [3.05, 3.63) is 69.8 Å². The Morgan fingerprint density at radius 1 is 1.05 bits per heavy atom. The van der Waals surface area contributed by atoms with Crippen LogP contribution in [0, 0.1) is 17.0 Å². The van der Waals surface area contributed by atoms with Crippen molar-refractivity contribution < 1.29 is 45.5 Å². The van der Waals surface area contributed by atoms with Crippen LogP contribution < -0.4 is 9.53 Å². The maximum atomic E-state index is 12.1. The van der Waals surface area contributed by atoms with E-state index >= 15 is 0 Å². The normalized spacial score (nSPS) is 12.1. The standard InChI is InChI=1S/C23H18N6O10S3/c1-12-3-5-15(20(7-12)41(33,34)35)22-25-27(17-10-21(42(36,37)38)18(29(31)32)8-13(17)11-30)28(26-22)23-24-16-6-4-14(39-2)9-19(16)40-23/h3-10,30H,11H2,1-2H3,(H-,33,34,35,36,37,38)/p-1. The van der Waals surface area contributed by atoms with Gasteiger partial charge in [-0.3, -0.25) is 10.1 Å². The van der Waals surface area contributed by atoms with Crippen LogP contribution in [-0.4, -0.2) is 63.1 Å². The highest BCUT2D eigenvalue weighted by atomic mass is 32.2. The van der Waals surface area contributed by atoms with Crippen LogP contribution in [0.1, 0.15) is 11.1 Å². The molecule has 2 heterocycles. The van der Waals surface area contributed by atoms with Crippen LogP contribution in [0.5, 0.6) is 5.75 Å². The summed E-state index contributed by atoms with van der Waals surface area (Å²) < 4.78 is 78.1. The van der Waals surface area contributed by atoms with Crippen LogP contribution in [0.25, 0.3) is 32.4 Å². The number of rotatable bonds is 8. The molecular formula is C23H17N6O10S3-. The minimum atomic E-state index is -5.41. The number of nitro groups is 1. The fraction of sp³-hybridized carbons (Fsp3) is 0.130. The van der Waals surface area contributed by atoms with E-state index in [-0.39, 0.29) is 27.8 Å². The van der Waals surface area contributed by atoms with Crippen LogP contribution in [0.2, 0.25) is 0 Å². The molecule has 1 N–H and O–H groups in total. The number of nitro benzene ring substituents is 1. The van der Waals surface area contributed by atoms with Gasteiger partial charge in [0.25, 0.3) is 11.5 Å². The van der Waals surface area contributed by atoms with Gasteiger partial charge < -0.3 is 18.9 Å². The minimum absolute atomic E-state index is 0.0874. The number of aromatic nitrogens is 5. The third-order valence-corrected chi connectivity index (χ3v) is 8.70. The zero-order valence-corrected chi connectivity index (χ0v) is 23.8. The first-order chi connectivity index (χ1) is 19.7. The second-order valence-corrected chi connectivity index (χ2v) is 12.4. The highest BCUT2D eigenvalue weighted by molar-refractivity contribution is 7.86. The van der Waals surface area contributed by atoms with Crippen LogP contribution in [0.3, 0.4) is 0 Å². The Kier molecular flexibility index (Phi) is 7.25. The van der Waals surface area contributed by atoms with Gasteiger partial charge in [0.05, 0.1) is 33.8 Å². The summed E-state index contributed by atoms with van der Waals surface area (Å²) in [5.41, 5.74) is -0.922. The van der Waals surface area contributed by atoms with E-state index in [4.69, 9.17) is 4.74 Å². The van der Waals surface area contributed by atoms with Crippen molar-refractivity contribution in [2.24, 2.45) is 0 Å². The van der Waals surface area contributed by atoms with E-state index in [2.05, 4.69) is 15.2 Å². The van der Waals surface area contributed by atoms with E-state index in [1.807, 2.05) is 0 Å². The molecule has 0 fully saturated rings. The van der Waals surface area contributed by atoms with E-state index < -0.39 is 47.2 Å². The topological polar surface area (TPSA) is 234 Å². The highest BCUT2D eigenvalue weighted by Crippen LogP contribution is 2.32. The number of ether oxygens (including phenoxy) is 1. The lowest BCUT2D eigenvalue weighted by Crippen LogP contribution is -2.43. The average Bonchev–Trinajstić information content (AvgIpc) is 3.55. The van der Waals surface area contributed by atoms with Gasteiger partial charge in [0.15, 0.2) is 5.52 Å². The molecule has 0 saturated heterocycles. The van der Waals surface area contributed by atoms with E-state index in [0.29, 0.717) is 33.7 Å². The van der Waals surface area contributed by atoms with Gasteiger partial charge in [0, 0.05) is 22.8 Å². The lowest BCUT2D eigenvalue weighted by atomic mass is 10.1. The first kappa shape index (κ1) is 29.1. The maximum absolute atomic E-state index is 12.1. The van der Waals surface area contributed by atoms with E-state index in [1.54, 1.807) is 25.1 Å². The molecule has 16 nitrogen and oxygen atoms in total. The number of methoxy groups -OCH3 is 1. The van der Waals surface area contributed by atoms with Crippen molar-refractivity contribution >= 4 is 47.5 Å². The zero-order valence-electron chi connectivity index (χ0n) is 21.4. The van der Waals surface area contributed by atoms with Crippen molar-refractivity contribution in [3.63, 3.8) is 0 Å². The molecule has 0 atom stereocenters. The largest absolute Gasteiger partial charge is 0.744 e. The number of nitrogens with zero attached hydrogens (tertiary/aromatic N) is 6. The second-order valence-electron chi connectivity index (χ2n) is 8.70. The Bertz CT molecular complexity index is 2120. The molecule has 0 spiro atoms. The van der Waals surface area contributed by atoms with Gasteiger partial charge in [-0.2, -0.15) is 0 Å². The molecule has 5 aromatic rings. The number of hydrogen-bond donors (Lipinski definition) is 1. The Morgan fingerprint density at radius 3 is 2.38 bits per heavy atom. The molecule has 0 aliphatic carbocycles. The quantitative estimate of drug-likeness (QED) is 0.110. The van der Waals surface area contributed by atoms with Crippen molar-refractivity contribution in [2.75, 3.05) is 7.11 Å². The van der Waals surface area contributed by atoms with Crippen LogP contribution in [0.15, 0.2) is 58.3 Å². The third-order valence-electron chi connectivity index (χ3n) is 5.97. The summed E-state index contributed by atoms with van der Waals surface area (Å²) in [7, 11) is -8.97. The lowest BCUT2D eigenvalue weighted by Gasteiger charge is -2.12. The van der Waals surface area contributed by atoms with Crippen LogP contribution in [0.4, 0.5) is 5.69 Å². The molecule has 42 heavy (non-hydrogen) atoms. The Morgan fingerprint density at radius 2 is 1.76 bits per heavy atom. The summed E-state index contributed by atoms with van der Waals surface area (Å²) in [6, 6.07) is 10.2. The summed E-state index contributed by atoms with van der Waals surface area (Å²) in [5.74, 6) is 0.174. The van der Waals surface area contributed by atoms with Crippen molar-refractivity contribution in [3.8, 4) is 28.0 Å². The summed E-state index contributed by atoms with van der Waals surface area (Å²) in [4.78, 5) is 15.0. The maximum Gasteiger partial charge on any atom is 0.365 e. The summed E-state index contributed by atoms with van der Waals surface area (Å²) >= 11 is 1.06. The number of aliphatic hydroxyl groups excluding tert-OH is 1. The third kappa shape index (κ3) is 5.31. The lowest BCUT2D eigenvalue weighted by molar-refractivity contribution is -0.734. The van der Waals surface area contributed by atoms with Gasteiger partial charge in [0.1, 0.15) is 36.6 Å². The van der Waals surface area contributed by atoms with Crippen LogP contribution >= 0.6 is 11.3 Å². The van der Waals surface area contributed by atoms with Gasteiger partial charge >= 0.3 is 5.13 Å². The number of tetrazole rings is 1. The first-order valence-corrected chi connectivity index (χ1v) is 15.1. The molecule has 0 radical (unpaired) electrons. The van der Waals surface area contributed by atoms with Gasteiger partial charge in [0.2, 0.25) is 0 Å². The van der Waals surface area contributed by atoms with E-state index in [9.17, 15) is 41.2 Å². The first-order valence-electron chi connectivity index (χ1n) is 11.5. The predicted molar refractivity (Wildman–Crippen MR) is 141 cm³/mol. The fourth-order valence-corrected chi connectivity index (χ4v) is 6.39. The second kappa shape index (κ2) is 10.5. The molecule has 0 aliphatic heterocycles. The Labute approximate surface area is 240 Å². The molecule has 0 aliphatic rings. The molecule has 0 amide bonds. The van der Waals surface area contributed by atoms with E-state index in [0.717, 1.165) is 27.0 Å². The Hall–Kier alpha value is -4.40. The number of fused-ring (bicyclic) bond motifs is 1. The number of benzene rings is 3. The van der Waals surface area contributed by atoms with Crippen LogP contribution in [-0.2, 0) is 26.8 Å². The van der Waals surface area contributed by atoms with Gasteiger partial charge in [-0.1, -0.05) is 22.4 Å². The number of aryl methyl sites for hydroxylation is 1. The molecule has 3 aromatic carbocycles. The van der Waals surface area contributed by atoms with Crippen molar-refractivity contribution in [1.29, 1.82) is 0 Å². The molecule has 2 aromatic heterocycles. The SMILES string of the molecule is COc1ccc2nc(-[n+]3nc(-c4ccc(C)cc4S(=O)(=O)[O-])nn3-c3cc(S(=O)(=O)[O-])c([N+](=O)[O-])cc3CO)sc2c1. The molecular weight excluding hydrogens is 616 g/mol. The molecule has 0 saturated carbocycles. The summed E-state index contributed by atoms with van der Waals surface area (Å²) in [6.07, 6.45) is 0. The molecule has 218 valence electrons. The smallest absolute Gasteiger partial charge is 0.365 e. The molecule has 0 bridgehead atoms. The van der Waals surface area contributed by atoms with Crippen molar-refractivity contribution in [2.45, 2.75) is 23.3 Å². The summed E-state index contributed by atoms with van der Waals surface area (Å²) in [5, 5.41) is 30.3. The average molecular weight is 634 g/mol. The number of hydrogen-bond acceptors (Lipinski definition) is 14. The van der Waals surface area contributed by atoms with E-state index in [1.165, 1.54) is 19.2 Å². The number of thiazole rings is 1. The molecule has 0 unspecified atom stereocenters. The predicted octanol–water partition coefficient (Wildman–Crippen LogP) is 1.35. The van der Waals surface area contributed by atoms with Gasteiger partial charge in [-0.25, -0.2) is 16.8 Å².